The second kappa shape index (κ2) is 4.14. The summed E-state index contributed by atoms with van der Waals surface area (Å²) in [7, 11) is 0. The van der Waals surface area contributed by atoms with Crippen LogP contribution in [0.5, 0.6) is 0 Å². The Hall–Kier alpha value is -0.810. The van der Waals surface area contributed by atoms with Crippen LogP contribution >= 0.6 is 0 Å². The van der Waals surface area contributed by atoms with Gasteiger partial charge in [-0.3, -0.25) is 0 Å². The zero-order valence-corrected chi connectivity index (χ0v) is 10.7. The summed E-state index contributed by atoms with van der Waals surface area (Å²) in [6.45, 7) is 7.11. The molecule has 17 heavy (non-hydrogen) atoms. The van der Waals surface area contributed by atoms with Crippen LogP contribution in [-0.4, -0.2) is 53.1 Å². The zero-order valence-electron chi connectivity index (χ0n) is 10.7. The predicted molar refractivity (Wildman–Crippen MR) is 61.7 cm³/mol. The molecule has 5 nitrogen and oxygen atoms in total. The highest BCUT2D eigenvalue weighted by Crippen LogP contribution is 2.35. The van der Waals surface area contributed by atoms with E-state index in [0.717, 1.165) is 6.42 Å². The van der Waals surface area contributed by atoms with E-state index in [-0.39, 0.29) is 11.7 Å². The number of amides is 1. The lowest BCUT2D eigenvalue weighted by atomic mass is 9.98. The first-order chi connectivity index (χ1) is 7.80. The molecule has 0 aromatic rings. The van der Waals surface area contributed by atoms with Crippen LogP contribution < -0.4 is 0 Å². The van der Waals surface area contributed by atoms with Gasteiger partial charge in [0.15, 0.2) is 0 Å². The lowest BCUT2D eigenvalue weighted by molar-refractivity contribution is -0.00116. The molecule has 2 fully saturated rings. The number of carbonyl (C=O) groups is 1. The lowest BCUT2D eigenvalue weighted by Gasteiger charge is -2.26. The number of nitrogens with zero attached hydrogens (tertiary/aromatic N) is 1. The third kappa shape index (κ3) is 2.90. The molecule has 2 aliphatic rings. The van der Waals surface area contributed by atoms with Crippen molar-refractivity contribution in [2.24, 2.45) is 0 Å². The number of ether oxygens (including phenoxy) is 2. The van der Waals surface area contributed by atoms with Crippen molar-refractivity contribution in [3.63, 3.8) is 0 Å². The number of carbonyl (C=O) groups excluding carboxylic acids is 1. The third-order valence-corrected chi connectivity index (χ3v) is 3.16. The number of hydrogen-bond donors (Lipinski definition) is 1. The molecule has 0 unspecified atom stereocenters. The highest BCUT2D eigenvalue weighted by Gasteiger charge is 2.47. The summed E-state index contributed by atoms with van der Waals surface area (Å²) < 4.78 is 10.9. The van der Waals surface area contributed by atoms with E-state index >= 15 is 0 Å². The summed E-state index contributed by atoms with van der Waals surface area (Å²) in [6, 6.07) is 0. The van der Waals surface area contributed by atoms with Crippen LogP contribution in [0.25, 0.3) is 0 Å². The molecule has 0 aromatic carbocycles. The first-order valence-corrected chi connectivity index (χ1v) is 6.10. The standard InChI is InChI=1S/C12H21NO4/c1-11(2,3)17-10(15)13-5-4-12(8-13)6-9(14)7-16-12/h9,14H,4-8H2,1-3H3/t9-,12+/m0/s1. The van der Waals surface area contributed by atoms with Gasteiger partial charge in [-0.2, -0.15) is 0 Å². The van der Waals surface area contributed by atoms with Crippen LogP contribution in [-0.2, 0) is 9.47 Å². The van der Waals surface area contributed by atoms with Crippen LogP contribution in [0, 0.1) is 0 Å². The minimum absolute atomic E-state index is 0.292. The molecular weight excluding hydrogens is 222 g/mol. The van der Waals surface area contributed by atoms with Crippen LogP contribution in [0.2, 0.25) is 0 Å². The van der Waals surface area contributed by atoms with Gasteiger partial charge in [-0.15, -0.1) is 0 Å². The van der Waals surface area contributed by atoms with Crippen molar-refractivity contribution in [1.82, 2.24) is 4.90 Å². The number of aliphatic hydroxyl groups excluding tert-OH is 1. The zero-order chi connectivity index (χ0) is 12.7. The molecule has 0 aromatic heterocycles. The highest BCUT2D eigenvalue weighted by molar-refractivity contribution is 5.68. The Morgan fingerprint density at radius 3 is 2.76 bits per heavy atom. The molecule has 0 radical (unpaired) electrons. The Labute approximate surface area is 102 Å². The smallest absolute Gasteiger partial charge is 0.410 e. The summed E-state index contributed by atoms with van der Waals surface area (Å²) in [5.74, 6) is 0. The van der Waals surface area contributed by atoms with Crippen molar-refractivity contribution in [2.75, 3.05) is 19.7 Å². The van der Waals surface area contributed by atoms with Crippen molar-refractivity contribution < 1.29 is 19.4 Å². The van der Waals surface area contributed by atoms with Gasteiger partial charge >= 0.3 is 6.09 Å². The van der Waals surface area contributed by atoms with Crippen LogP contribution in [0.4, 0.5) is 4.79 Å². The largest absolute Gasteiger partial charge is 0.444 e. The second-order valence-electron chi connectivity index (χ2n) is 6.00. The molecule has 0 saturated carbocycles. The average Bonchev–Trinajstić information content (AvgIpc) is 2.72. The fraction of sp³-hybridized carbons (Fsp3) is 0.917. The summed E-state index contributed by atoms with van der Waals surface area (Å²) >= 11 is 0. The molecule has 0 bridgehead atoms. The van der Waals surface area contributed by atoms with Crippen molar-refractivity contribution in [2.45, 2.75) is 50.9 Å². The van der Waals surface area contributed by atoms with E-state index in [1.54, 1.807) is 4.90 Å². The van der Waals surface area contributed by atoms with Crippen LogP contribution in [0.3, 0.4) is 0 Å². The van der Waals surface area contributed by atoms with Gasteiger partial charge in [0.25, 0.3) is 0 Å². The maximum atomic E-state index is 11.9. The number of hydrogen-bond acceptors (Lipinski definition) is 4. The molecule has 98 valence electrons. The van der Waals surface area contributed by atoms with E-state index < -0.39 is 11.7 Å². The summed E-state index contributed by atoms with van der Waals surface area (Å²) in [5.41, 5.74) is -0.806. The highest BCUT2D eigenvalue weighted by atomic mass is 16.6. The third-order valence-electron chi connectivity index (χ3n) is 3.16. The van der Waals surface area contributed by atoms with Crippen molar-refractivity contribution in [3.8, 4) is 0 Å². The first kappa shape index (κ1) is 12.6. The topological polar surface area (TPSA) is 59.0 Å². The molecule has 1 N–H and O–H groups in total. The van der Waals surface area contributed by atoms with Crippen LogP contribution in [0.15, 0.2) is 0 Å². The molecule has 1 amide bonds. The van der Waals surface area contributed by atoms with E-state index in [1.165, 1.54) is 0 Å². The molecule has 5 heteroatoms. The van der Waals surface area contributed by atoms with E-state index in [2.05, 4.69) is 0 Å². The Balaban J connectivity index is 1.92. The van der Waals surface area contributed by atoms with Gasteiger partial charge in [0.1, 0.15) is 5.60 Å². The van der Waals surface area contributed by atoms with Crippen LogP contribution in [0.1, 0.15) is 33.6 Å². The number of aliphatic hydroxyl groups is 1. The minimum Gasteiger partial charge on any atom is -0.444 e. The van der Waals surface area contributed by atoms with Gasteiger partial charge in [-0.05, 0) is 27.2 Å². The Morgan fingerprint density at radius 2 is 2.24 bits per heavy atom. The normalized spacial score (nSPS) is 33.4. The van der Waals surface area contributed by atoms with Gasteiger partial charge in [0, 0.05) is 13.0 Å². The molecule has 2 rings (SSSR count). The maximum Gasteiger partial charge on any atom is 0.410 e. The Kier molecular flexibility index (Phi) is 3.08. The summed E-state index contributed by atoms with van der Waals surface area (Å²) in [4.78, 5) is 13.5. The van der Waals surface area contributed by atoms with E-state index in [1.807, 2.05) is 20.8 Å². The first-order valence-electron chi connectivity index (χ1n) is 6.10. The van der Waals surface area contributed by atoms with E-state index in [9.17, 15) is 9.90 Å². The van der Waals surface area contributed by atoms with E-state index in [0.29, 0.717) is 26.1 Å². The van der Waals surface area contributed by atoms with Gasteiger partial charge in [0.05, 0.1) is 24.9 Å². The summed E-state index contributed by atoms with van der Waals surface area (Å²) in [6.07, 6.45) is 0.711. The average molecular weight is 243 g/mol. The molecule has 2 heterocycles. The van der Waals surface area contributed by atoms with Gasteiger partial charge < -0.3 is 19.5 Å². The molecule has 2 saturated heterocycles. The quantitative estimate of drug-likeness (QED) is 0.693. The second-order valence-corrected chi connectivity index (χ2v) is 6.00. The predicted octanol–water partition coefficient (Wildman–Crippen LogP) is 1.15. The van der Waals surface area contributed by atoms with Crippen molar-refractivity contribution in [1.29, 1.82) is 0 Å². The minimum atomic E-state index is -0.469. The lowest BCUT2D eigenvalue weighted by Crippen LogP contribution is -2.39. The van der Waals surface area contributed by atoms with Gasteiger partial charge in [-0.25, -0.2) is 4.79 Å². The molecule has 0 aliphatic carbocycles. The molecule has 2 aliphatic heterocycles. The Morgan fingerprint density at radius 1 is 1.53 bits per heavy atom. The van der Waals surface area contributed by atoms with Crippen molar-refractivity contribution >= 4 is 6.09 Å². The number of rotatable bonds is 0. The molecule has 1 spiro atoms. The molecule has 2 atom stereocenters. The number of likely N-dealkylation sites (tertiary alicyclic amines) is 1. The van der Waals surface area contributed by atoms with Gasteiger partial charge in [0.2, 0.25) is 0 Å². The summed E-state index contributed by atoms with van der Waals surface area (Å²) in [5, 5.41) is 9.51. The maximum absolute atomic E-state index is 11.9. The van der Waals surface area contributed by atoms with Crippen molar-refractivity contribution in [3.05, 3.63) is 0 Å². The fourth-order valence-electron chi connectivity index (χ4n) is 2.43. The van der Waals surface area contributed by atoms with Gasteiger partial charge in [-0.1, -0.05) is 0 Å². The van der Waals surface area contributed by atoms with E-state index in [4.69, 9.17) is 9.47 Å². The SMILES string of the molecule is CC(C)(C)OC(=O)N1CC[C@@]2(C[C@H](O)CO2)C1. The monoisotopic (exact) mass is 243 g/mol. The fourth-order valence-corrected chi connectivity index (χ4v) is 2.43. The molecular formula is C12H21NO4. The Bertz CT molecular complexity index is 312.